The third-order valence-electron chi connectivity index (χ3n) is 0.431. The number of nitrogens with one attached hydrogen (secondary N) is 3. The molecule has 0 radical (unpaired) electrons. The fourth-order valence-electron chi connectivity index (χ4n) is 0.118. The molecular formula is C3H6N4. The second-order valence-corrected chi connectivity index (χ2v) is 0.862. The molecule has 0 aliphatic carbocycles. The average molecular weight is 98.1 g/mol. The summed E-state index contributed by atoms with van der Waals surface area (Å²) >= 11 is 0. The van der Waals surface area contributed by atoms with Gasteiger partial charge in [0.15, 0.2) is 6.19 Å². The smallest absolute Gasteiger partial charge is 0.201 e. The summed E-state index contributed by atoms with van der Waals surface area (Å²) in [6, 6.07) is 0. The second kappa shape index (κ2) is 2.97. The molecule has 0 saturated heterocycles. The standard InChI is InChI=1S/C3H6N4/c1-6-3(5)7-2-4/h1H3,(H3,5,6,7). The van der Waals surface area contributed by atoms with Gasteiger partial charge in [0, 0.05) is 7.05 Å². The minimum absolute atomic E-state index is 0.0162. The van der Waals surface area contributed by atoms with Crippen LogP contribution in [0, 0.1) is 16.9 Å². The zero-order chi connectivity index (χ0) is 5.70. The highest BCUT2D eigenvalue weighted by Crippen LogP contribution is 1.46. The van der Waals surface area contributed by atoms with Gasteiger partial charge in [0.05, 0.1) is 0 Å². The summed E-state index contributed by atoms with van der Waals surface area (Å²) in [5, 5.41) is 19.0. The van der Waals surface area contributed by atoms with Gasteiger partial charge in [-0.1, -0.05) is 0 Å². The molecule has 0 rings (SSSR count). The van der Waals surface area contributed by atoms with Crippen LogP contribution in [0.2, 0.25) is 0 Å². The number of guanidine groups is 1. The minimum Gasteiger partial charge on any atom is -0.359 e. The van der Waals surface area contributed by atoms with E-state index in [9.17, 15) is 0 Å². The molecule has 0 atom stereocenters. The molecule has 0 aromatic rings. The number of rotatable bonds is 0. The Morgan fingerprint density at radius 3 is 2.57 bits per heavy atom. The SMILES string of the molecule is CNC(=N)NC#N. The minimum atomic E-state index is 0.0162. The molecule has 0 unspecified atom stereocenters. The normalized spacial score (nSPS) is 6.29. The summed E-state index contributed by atoms with van der Waals surface area (Å²) in [7, 11) is 1.56. The molecular weight excluding hydrogens is 92.1 g/mol. The fraction of sp³-hybridized carbons (Fsp3) is 0.333. The molecule has 0 bridgehead atoms. The lowest BCUT2D eigenvalue weighted by atomic mass is 10.9. The van der Waals surface area contributed by atoms with Crippen molar-refractivity contribution in [1.82, 2.24) is 10.6 Å². The van der Waals surface area contributed by atoms with Crippen molar-refractivity contribution in [3.8, 4) is 6.19 Å². The number of nitriles is 1. The van der Waals surface area contributed by atoms with Crippen molar-refractivity contribution in [2.45, 2.75) is 0 Å². The van der Waals surface area contributed by atoms with Crippen LogP contribution in [0.4, 0.5) is 0 Å². The Hall–Kier alpha value is -1.24. The molecule has 0 aliphatic rings. The summed E-state index contributed by atoms with van der Waals surface area (Å²) in [6.45, 7) is 0. The Bertz CT molecular complexity index is 100.0. The molecule has 0 spiro atoms. The van der Waals surface area contributed by atoms with Crippen molar-refractivity contribution in [3.63, 3.8) is 0 Å². The van der Waals surface area contributed by atoms with Crippen molar-refractivity contribution in [3.05, 3.63) is 0 Å². The Kier molecular flexibility index (Phi) is 2.44. The van der Waals surface area contributed by atoms with Gasteiger partial charge in [-0.15, -0.1) is 0 Å². The molecule has 38 valence electrons. The number of hydrogen-bond donors (Lipinski definition) is 3. The molecule has 0 fully saturated rings. The molecule has 0 saturated carbocycles. The third kappa shape index (κ3) is 2.56. The van der Waals surface area contributed by atoms with Crippen LogP contribution in [-0.4, -0.2) is 13.0 Å². The summed E-state index contributed by atoms with van der Waals surface area (Å²) in [5.74, 6) is 0.0162. The quantitative estimate of drug-likeness (QED) is 0.161. The Labute approximate surface area is 41.6 Å². The first-order valence-corrected chi connectivity index (χ1v) is 1.72. The Balaban J connectivity index is 3.23. The molecule has 4 nitrogen and oxygen atoms in total. The largest absolute Gasteiger partial charge is 0.359 e. The van der Waals surface area contributed by atoms with E-state index in [1.54, 1.807) is 13.2 Å². The van der Waals surface area contributed by atoms with Crippen molar-refractivity contribution in [2.24, 2.45) is 0 Å². The van der Waals surface area contributed by atoms with Crippen LogP contribution in [0.15, 0.2) is 0 Å². The zero-order valence-electron chi connectivity index (χ0n) is 3.95. The van der Waals surface area contributed by atoms with Crippen LogP contribution in [0.1, 0.15) is 0 Å². The maximum Gasteiger partial charge on any atom is 0.201 e. The molecule has 0 aliphatic heterocycles. The first-order valence-electron chi connectivity index (χ1n) is 1.72. The van der Waals surface area contributed by atoms with Crippen LogP contribution in [0.3, 0.4) is 0 Å². The molecule has 0 amide bonds. The summed E-state index contributed by atoms with van der Waals surface area (Å²) in [6.07, 6.45) is 1.58. The lowest BCUT2D eigenvalue weighted by Crippen LogP contribution is -2.29. The summed E-state index contributed by atoms with van der Waals surface area (Å²) in [4.78, 5) is 0. The zero-order valence-corrected chi connectivity index (χ0v) is 3.95. The van der Waals surface area contributed by atoms with E-state index in [2.05, 4.69) is 10.6 Å². The first-order chi connectivity index (χ1) is 3.31. The highest BCUT2D eigenvalue weighted by molar-refractivity contribution is 5.77. The molecule has 3 N–H and O–H groups in total. The summed E-state index contributed by atoms with van der Waals surface area (Å²) < 4.78 is 0. The fourth-order valence-corrected chi connectivity index (χ4v) is 0.118. The van der Waals surface area contributed by atoms with E-state index in [1.807, 2.05) is 0 Å². The van der Waals surface area contributed by atoms with E-state index in [0.717, 1.165) is 0 Å². The van der Waals surface area contributed by atoms with Crippen molar-refractivity contribution < 1.29 is 0 Å². The summed E-state index contributed by atoms with van der Waals surface area (Å²) in [5.41, 5.74) is 0. The van der Waals surface area contributed by atoms with Gasteiger partial charge >= 0.3 is 0 Å². The maximum absolute atomic E-state index is 7.83. The van der Waals surface area contributed by atoms with Gasteiger partial charge in [-0.3, -0.25) is 10.7 Å². The van der Waals surface area contributed by atoms with Gasteiger partial charge in [-0.2, -0.15) is 5.26 Å². The Morgan fingerprint density at radius 2 is 2.43 bits per heavy atom. The highest BCUT2D eigenvalue weighted by Gasteiger charge is 1.80. The second-order valence-electron chi connectivity index (χ2n) is 0.862. The number of nitrogens with zero attached hydrogens (tertiary/aromatic N) is 1. The first kappa shape index (κ1) is 5.76. The van der Waals surface area contributed by atoms with Gasteiger partial charge in [0.2, 0.25) is 5.96 Å². The Morgan fingerprint density at radius 1 is 1.86 bits per heavy atom. The predicted octanol–water partition coefficient (Wildman–Crippen LogP) is -0.789. The highest BCUT2D eigenvalue weighted by atomic mass is 15.1. The third-order valence-corrected chi connectivity index (χ3v) is 0.431. The van der Waals surface area contributed by atoms with Crippen LogP contribution >= 0.6 is 0 Å². The number of hydrogen-bond acceptors (Lipinski definition) is 2. The van der Waals surface area contributed by atoms with E-state index in [-0.39, 0.29) is 5.96 Å². The van der Waals surface area contributed by atoms with E-state index in [0.29, 0.717) is 0 Å². The lowest BCUT2D eigenvalue weighted by Gasteiger charge is -1.93. The van der Waals surface area contributed by atoms with Gasteiger partial charge in [0.1, 0.15) is 0 Å². The molecule has 0 heterocycles. The van der Waals surface area contributed by atoms with Gasteiger partial charge < -0.3 is 5.32 Å². The van der Waals surface area contributed by atoms with Gasteiger partial charge in [-0.25, -0.2) is 0 Å². The van der Waals surface area contributed by atoms with Gasteiger partial charge in [-0.05, 0) is 0 Å². The van der Waals surface area contributed by atoms with Crippen molar-refractivity contribution in [2.75, 3.05) is 7.05 Å². The molecule has 0 aromatic heterocycles. The van der Waals surface area contributed by atoms with Crippen LogP contribution < -0.4 is 10.6 Å². The predicted molar refractivity (Wildman–Crippen MR) is 25.5 cm³/mol. The van der Waals surface area contributed by atoms with Crippen LogP contribution in [0.5, 0.6) is 0 Å². The van der Waals surface area contributed by atoms with E-state index >= 15 is 0 Å². The molecule has 7 heavy (non-hydrogen) atoms. The van der Waals surface area contributed by atoms with E-state index in [1.165, 1.54) is 0 Å². The molecule has 0 aromatic carbocycles. The monoisotopic (exact) mass is 98.1 g/mol. The van der Waals surface area contributed by atoms with Crippen LogP contribution in [-0.2, 0) is 0 Å². The topological polar surface area (TPSA) is 71.7 Å². The maximum atomic E-state index is 7.83. The average Bonchev–Trinajstić information content (AvgIpc) is 1.68. The van der Waals surface area contributed by atoms with Crippen molar-refractivity contribution >= 4 is 5.96 Å². The van der Waals surface area contributed by atoms with Gasteiger partial charge in [0.25, 0.3) is 0 Å². The van der Waals surface area contributed by atoms with E-state index < -0.39 is 0 Å². The van der Waals surface area contributed by atoms with Crippen LogP contribution in [0.25, 0.3) is 0 Å². The van der Waals surface area contributed by atoms with E-state index in [4.69, 9.17) is 10.7 Å². The molecule has 4 heteroatoms. The lowest BCUT2D eigenvalue weighted by molar-refractivity contribution is 1.05. The van der Waals surface area contributed by atoms with Crippen molar-refractivity contribution in [1.29, 1.82) is 10.7 Å².